The van der Waals surface area contributed by atoms with Crippen LogP contribution in [0.1, 0.15) is 22.3 Å². The molecule has 2 aliphatic heterocycles. The van der Waals surface area contributed by atoms with Crippen molar-refractivity contribution in [2.75, 3.05) is 0 Å². The Morgan fingerprint density at radius 2 is 0.907 bits per heavy atom. The quantitative estimate of drug-likeness (QED) is 0.219. The summed E-state index contributed by atoms with van der Waals surface area (Å²) in [5.74, 6) is -3.30. The van der Waals surface area contributed by atoms with E-state index in [1.807, 2.05) is 12.1 Å². The summed E-state index contributed by atoms with van der Waals surface area (Å²) in [6.07, 6.45) is 0. The topological polar surface area (TPSA) is 188 Å². The minimum Gasteiger partial charge on any atom is -0.544 e. The number of hydrogen-bond acceptors (Lipinski definition) is 12. The number of phenolic OH excluding ortho intramolecular Hbond substituents is 2. The molecule has 2 atom stereocenters. The number of nitrogens with zero attached hydrogens (tertiary/aromatic N) is 2. The Kier molecular flexibility index (Phi) is 8.96. The number of phenols is 2. The predicted molar refractivity (Wildman–Crippen MR) is 144 cm³/mol. The first-order valence-corrected chi connectivity index (χ1v) is 12.5. The van der Waals surface area contributed by atoms with Crippen molar-refractivity contribution in [3.8, 4) is 11.5 Å². The first-order chi connectivity index (χ1) is 20.3. The summed E-state index contributed by atoms with van der Waals surface area (Å²) in [6.45, 7) is 0. The normalized spacial score (nSPS) is 19.8. The molecule has 4 aromatic carbocycles. The van der Waals surface area contributed by atoms with Gasteiger partial charge in [0.1, 0.15) is 23.4 Å². The Labute approximate surface area is 257 Å². The Morgan fingerprint density at radius 3 is 1.23 bits per heavy atom. The van der Waals surface area contributed by atoms with Crippen LogP contribution in [0.15, 0.2) is 119 Å². The number of para-hydroxylation sites is 2. The molecule has 0 saturated carbocycles. The van der Waals surface area contributed by atoms with Crippen molar-refractivity contribution in [2.45, 2.75) is 11.4 Å². The van der Waals surface area contributed by atoms with Gasteiger partial charge in [-0.05, 0) is 48.5 Å². The number of rotatable bonds is 6. The van der Waals surface area contributed by atoms with Crippen LogP contribution in [0, 0.1) is 0 Å². The minimum absolute atomic E-state index is 0. The maximum Gasteiger partial charge on any atom is 2.00 e. The third-order valence-corrected chi connectivity index (χ3v) is 6.31. The SMILES string of the molecule is O=C([O-])C1(c2ccccc2O)NN=C(c2ccccc2)O1.O=C([O-])C1(c2ccccc2O)NN=C(c2ccccc2)O1.[Zn+2]. The molecule has 4 aromatic rings. The largest absolute Gasteiger partial charge is 2.00 e. The van der Waals surface area contributed by atoms with Crippen molar-refractivity contribution in [3.05, 3.63) is 131 Å². The summed E-state index contributed by atoms with van der Waals surface area (Å²) in [7, 11) is 0. The van der Waals surface area contributed by atoms with E-state index in [0.29, 0.717) is 11.1 Å². The van der Waals surface area contributed by atoms with Gasteiger partial charge in [0.25, 0.3) is 11.4 Å². The molecule has 4 N–H and O–H groups in total. The van der Waals surface area contributed by atoms with Gasteiger partial charge >= 0.3 is 19.5 Å². The van der Waals surface area contributed by atoms with Gasteiger partial charge in [0.2, 0.25) is 11.8 Å². The molecule has 0 aliphatic carbocycles. The number of hydrogen-bond donors (Lipinski definition) is 4. The Balaban J connectivity index is 0.000000192. The maximum absolute atomic E-state index is 11.6. The van der Waals surface area contributed by atoms with Gasteiger partial charge in [-0.25, -0.2) is 0 Å². The number of aromatic hydroxyl groups is 2. The standard InChI is InChI=1S/2C15H12N2O4.Zn/c2*18-12-9-5-4-8-11(12)15(14(19)20)17-16-13(21-15)10-6-2-1-3-7-10;/h2*1-9,17-18H,(H,19,20);/q;;+2/p-2. The molecule has 2 unspecified atom stereocenters. The van der Waals surface area contributed by atoms with Gasteiger partial charge in [0.15, 0.2) is 0 Å². The van der Waals surface area contributed by atoms with Crippen LogP contribution in [0.25, 0.3) is 0 Å². The van der Waals surface area contributed by atoms with Crippen molar-refractivity contribution in [1.82, 2.24) is 10.9 Å². The Morgan fingerprint density at radius 1 is 0.581 bits per heavy atom. The Hall–Kier alpha value is -5.42. The molecule has 0 spiro atoms. The van der Waals surface area contributed by atoms with Crippen molar-refractivity contribution in [3.63, 3.8) is 0 Å². The molecule has 0 radical (unpaired) electrons. The van der Waals surface area contributed by atoms with Gasteiger partial charge in [-0.1, -0.05) is 60.7 Å². The molecule has 0 aromatic heterocycles. The molecule has 2 aliphatic rings. The molecular formula is C30H22N4O8Zn. The van der Waals surface area contributed by atoms with Crippen molar-refractivity contribution >= 4 is 23.7 Å². The van der Waals surface area contributed by atoms with E-state index in [2.05, 4.69) is 21.1 Å². The van der Waals surface area contributed by atoms with Gasteiger partial charge < -0.3 is 39.5 Å². The number of carbonyl (C=O) groups excluding carboxylic acids is 2. The summed E-state index contributed by atoms with van der Waals surface area (Å²) in [5, 5.41) is 50.7. The maximum atomic E-state index is 11.6. The molecule has 212 valence electrons. The van der Waals surface area contributed by atoms with E-state index in [1.54, 1.807) is 72.8 Å². The van der Waals surface area contributed by atoms with E-state index in [0.717, 1.165) is 0 Å². The van der Waals surface area contributed by atoms with E-state index in [1.165, 1.54) is 24.3 Å². The number of carboxylic acids is 2. The first kappa shape index (κ1) is 30.5. The number of nitrogens with one attached hydrogen (secondary N) is 2. The summed E-state index contributed by atoms with van der Waals surface area (Å²) in [5.41, 5.74) is 2.03. The summed E-state index contributed by atoms with van der Waals surface area (Å²) >= 11 is 0. The molecule has 43 heavy (non-hydrogen) atoms. The number of carbonyl (C=O) groups is 2. The first-order valence-electron chi connectivity index (χ1n) is 12.5. The second-order valence-corrected chi connectivity index (χ2v) is 8.97. The average Bonchev–Trinajstić information content (AvgIpc) is 3.67. The number of carboxylic acid groups (broad SMARTS) is 2. The van der Waals surface area contributed by atoms with E-state index < -0.39 is 23.4 Å². The van der Waals surface area contributed by atoms with Gasteiger partial charge in [-0.15, -0.1) is 10.2 Å². The second kappa shape index (κ2) is 12.6. The summed E-state index contributed by atoms with van der Waals surface area (Å²) in [4.78, 5) is 23.1. The zero-order chi connectivity index (χ0) is 29.7. The zero-order valence-corrected chi connectivity index (χ0v) is 25.3. The molecule has 6 rings (SSSR count). The van der Waals surface area contributed by atoms with Crippen LogP contribution < -0.4 is 21.1 Å². The number of ether oxygens (including phenoxy) is 2. The third kappa shape index (κ3) is 5.84. The summed E-state index contributed by atoms with van der Waals surface area (Å²) < 4.78 is 11.0. The molecular weight excluding hydrogens is 610 g/mol. The van der Waals surface area contributed by atoms with Crippen LogP contribution in [-0.2, 0) is 50.0 Å². The predicted octanol–water partition coefficient (Wildman–Crippen LogP) is 0.551. The molecule has 13 heteroatoms. The van der Waals surface area contributed by atoms with Crippen LogP contribution in [0.3, 0.4) is 0 Å². The van der Waals surface area contributed by atoms with E-state index >= 15 is 0 Å². The van der Waals surface area contributed by atoms with Crippen molar-refractivity contribution in [1.29, 1.82) is 0 Å². The molecule has 0 saturated heterocycles. The van der Waals surface area contributed by atoms with Crippen LogP contribution >= 0.6 is 0 Å². The molecule has 0 bridgehead atoms. The van der Waals surface area contributed by atoms with Crippen LogP contribution in [0.5, 0.6) is 11.5 Å². The smallest absolute Gasteiger partial charge is 0.544 e. The van der Waals surface area contributed by atoms with Crippen molar-refractivity contribution < 1.29 is 59.0 Å². The zero-order valence-electron chi connectivity index (χ0n) is 22.3. The van der Waals surface area contributed by atoms with Crippen LogP contribution in [0.2, 0.25) is 0 Å². The average molecular weight is 632 g/mol. The van der Waals surface area contributed by atoms with E-state index in [-0.39, 0.29) is 53.9 Å². The monoisotopic (exact) mass is 630 g/mol. The number of aliphatic carboxylic acids is 2. The van der Waals surface area contributed by atoms with Crippen LogP contribution in [-0.4, -0.2) is 33.9 Å². The van der Waals surface area contributed by atoms with Gasteiger partial charge in [0.05, 0.1) is 11.1 Å². The fourth-order valence-electron chi connectivity index (χ4n) is 4.22. The van der Waals surface area contributed by atoms with Gasteiger partial charge in [-0.3, -0.25) is 10.9 Å². The van der Waals surface area contributed by atoms with Gasteiger partial charge in [0, 0.05) is 11.1 Å². The van der Waals surface area contributed by atoms with E-state index in [9.17, 15) is 30.0 Å². The molecule has 12 nitrogen and oxygen atoms in total. The van der Waals surface area contributed by atoms with Gasteiger partial charge in [-0.2, -0.15) is 0 Å². The van der Waals surface area contributed by atoms with Crippen LogP contribution in [0.4, 0.5) is 0 Å². The van der Waals surface area contributed by atoms with E-state index in [4.69, 9.17) is 9.47 Å². The number of hydrazone groups is 2. The summed E-state index contributed by atoms with van der Waals surface area (Å²) in [6, 6.07) is 29.6. The Bertz CT molecular complexity index is 1560. The molecule has 0 amide bonds. The second-order valence-electron chi connectivity index (χ2n) is 8.97. The minimum atomic E-state index is -2.05. The molecule has 2 heterocycles. The fourth-order valence-corrected chi connectivity index (χ4v) is 4.22. The molecule has 0 fully saturated rings. The fraction of sp³-hybridized carbons (Fsp3) is 0.0667. The van der Waals surface area contributed by atoms with Crippen molar-refractivity contribution in [2.24, 2.45) is 10.2 Å². The third-order valence-electron chi connectivity index (χ3n) is 6.31. The number of benzene rings is 4.